The second kappa shape index (κ2) is 15.1. The van der Waals surface area contributed by atoms with Gasteiger partial charge in [0.25, 0.3) is 0 Å². The van der Waals surface area contributed by atoms with E-state index in [9.17, 15) is 0 Å². The Bertz CT molecular complexity index is 3260. The molecule has 0 saturated carbocycles. The lowest BCUT2D eigenvalue weighted by Crippen LogP contribution is -2.40. The van der Waals surface area contributed by atoms with E-state index < -0.39 is 0 Å². The van der Waals surface area contributed by atoms with Crippen LogP contribution in [0.3, 0.4) is 0 Å². The molecule has 64 heavy (non-hydrogen) atoms. The van der Waals surface area contributed by atoms with Crippen molar-refractivity contribution in [3.8, 4) is 33.4 Å². The van der Waals surface area contributed by atoms with Gasteiger partial charge in [-0.2, -0.15) is 0 Å². The van der Waals surface area contributed by atoms with Crippen molar-refractivity contribution in [2.24, 2.45) is 0 Å². The number of hydrogen-bond donors (Lipinski definition) is 1. The summed E-state index contributed by atoms with van der Waals surface area (Å²) in [7, 11) is 2.49. The van der Waals surface area contributed by atoms with Crippen molar-refractivity contribution < 1.29 is 0 Å². The van der Waals surface area contributed by atoms with Crippen LogP contribution in [0.25, 0.3) is 54.2 Å². The minimum Gasteiger partial charge on any atom is -0.355 e. The standard InChI is InChI=1S/C60H54BN2S/c1-58(2,3)42-27-31-51(47(36-42)39-20-12-9-13-21-39)63-52-35-41-22-14-15-23-44(41)54(56(52)61-55-46-24-16-17-25-53(46)64-57(55)63)45-29-26-40(38-18-10-8-11-19-38)34-50(45)62-43-28-30-48-49(37-43)60(6,7)33-32-59(48,4)5/h8-31,34-37,62H,32-33H2,1-7H3. The van der Waals surface area contributed by atoms with Gasteiger partial charge in [-0.05, 0) is 138 Å². The van der Waals surface area contributed by atoms with E-state index in [0.29, 0.717) is 0 Å². The summed E-state index contributed by atoms with van der Waals surface area (Å²) in [4.78, 5) is 2.58. The molecular formula is C60H54BN2S. The summed E-state index contributed by atoms with van der Waals surface area (Å²) in [5.74, 6) is 0. The molecule has 0 saturated heterocycles. The third kappa shape index (κ3) is 6.86. The van der Waals surface area contributed by atoms with Crippen molar-refractivity contribution in [3.05, 3.63) is 187 Å². The first-order valence-corrected chi connectivity index (χ1v) is 23.7. The molecule has 0 amide bonds. The first-order valence-electron chi connectivity index (χ1n) is 22.9. The van der Waals surface area contributed by atoms with Crippen molar-refractivity contribution in [3.63, 3.8) is 0 Å². The Labute approximate surface area is 383 Å². The minimum absolute atomic E-state index is 0.0128. The van der Waals surface area contributed by atoms with Crippen molar-refractivity contribution in [1.82, 2.24) is 0 Å². The predicted octanol–water partition coefficient (Wildman–Crippen LogP) is 15.9. The van der Waals surface area contributed by atoms with E-state index in [1.54, 1.807) is 0 Å². The molecule has 1 N–H and O–H groups in total. The smallest absolute Gasteiger partial charge is 0.199 e. The predicted molar refractivity (Wildman–Crippen MR) is 279 cm³/mol. The maximum absolute atomic E-state index is 4.08. The van der Waals surface area contributed by atoms with Crippen LogP contribution >= 0.6 is 11.3 Å². The van der Waals surface area contributed by atoms with E-state index in [1.807, 2.05) is 11.3 Å². The first-order chi connectivity index (χ1) is 30.8. The molecule has 0 fully saturated rings. The molecule has 313 valence electrons. The van der Waals surface area contributed by atoms with Gasteiger partial charge in [0.15, 0.2) is 7.28 Å². The fraction of sp³-hybridized carbons (Fsp3) is 0.200. The summed E-state index contributed by atoms with van der Waals surface area (Å²) in [6.45, 7) is 16.6. The molecule has 1 aliphatic carbocycles. The highest BCUT2D eigenvalue weighted by molar-refractivity contribution is 7.25. The molecule has 0 atom stereocenters. The van der Waals surface area contributed by atoms with Crippen LogP contribution in [0.2, 0.25) is 0 Å². The van der Waals surface area contributed by atoms with E-state index in [1.165, 1.54) is 111 Å². The monoisotopic (exact) mass is 845 g/mol. The fourth-order valence-electron chi connectivity index (χ4n) is 10.4. The van der Waals surface area contributed by atoms with Crippen molar-refractivity contribution in [2.75, 3.05) is 10.2 Å². The summed E-state index contributed by atoms with van der Waals surface area (Å²) < 4.78 is 1.29. The largest absolute Gasteiger partial charge is 0.355 e. The van der Waals surface area contributed by atoms with E-state index in [4.69, 9.17) is 0 Å². The van der Waals surface area contributed by atoms with Crippen molar-refractivity contribution >= 4 is 78.2 Å². The van der Waals surface area contributed by atoms with E-state index in [2.05, 4.69) is 236 Å². The van der Waals surface area contributed by atoms with Gasteiger partial charge in [-0.25, -0.2) is 0 Å². The van der Waals surface area contributed by atoms with Gasteiger partial charge in [0.2, 0.25) is 0 Å². The lowest BCUT2D eigenvalue weighted by Gasteiger charge is -2.42. The van der Waals surface area contributed by atoms with Gasteiger partial charge in [0, 0.05) is 32.9 Å². The van der Waals surface area contributed by atoms with E-state index >= 15 is 0 Å². The Kier molecular flexibility index (Phi) is 9.56. The lowest BCUT2D eigenvalue weighted by atomic mass is 9.58. The van der Waals surface area contributed by atoms with Crippen LogP contribution in [0.5, 0.6) is 0 Å². The van der Waals surface area contributed by atoms with Crippen molar-refractivity contribution in [1.29, 1.82) is 0 Å². The van der Waals surface area contributed by atoms with E-state index in [0.717, 1.165) is 11.4 Å². The Morgan fingerprint density at radius 2 is 1.22 bits per heavy atom. The lowest BCUT2D eigenvalue weighted by molar-refractivity contribution is 0.332. The maximum Gasteiger partial charge on any atom is 0.199 e. The van der Waals surface area contributed by atoms with E-state index in [-0.39, 0.29) is 16.2 Å². The highest BCUT2D eigenvalue weighted by atomic mass is 32.1. The normalized spacial score (nSPS) is 15.0. The van der Waals surface area contributed by atoms with Gasteiger partial charge in [0.05, 0.1) is 10.7 Å². The molecule has 2 nitrogen and oxygen atoms in total. The topological polar surface area (TPSA) is 15.3 Å². The number of thiophene rings is 1. The molecule has 2 aliphatic rings. The highest BCUT2D eigenvalue weighted by Crippen LogP contribution is 2.50. The number of fused-ring (bicyclic) bond motifs is 6. The van der Waals surface area contributed by atoms with Crippen LogP contribution in [-0.2, 0) is 16.2 Å². The molecule has 1 aromatic heterocycles. The Balaban J connectivity index is 1.19. The summed E-state index contributed by atoms with van der Waals surface area (Å²) in [5.41, 5.74) is 18.7. The summed E-state index contributed by atoms with van der Waals surface area (Å²) >= 11 is 1.88. The molecule has 2 heterocycles. The van der Waals surface area contributed by atoms with Crippen LogP contribution in [-0.4, -0.2) is 7.28 Å². The highest BCUT2D eigenvalue weighted by Gasteiger charge is 2.38. The van der Waals surface area contributed by atoms with Crippen LogP contribution < -0.4 is 21.1 Å². The fourth-order valence-corrected chi connectivity index (χ4v) is 11.6. The molecule has 0 spiro atoms. The van der Waals surface area contributed by atoms with Gasteiger partial charge >= 0.3 is 0 Å². The SMILES string of the molecule is CC(C)(C)c1ccc(N2c3cc4ccccc4c(-c4ccc(-c5ccccc5)cc4Nc4ccc5c(c4)C(C)(C)CCC5(C)C)c3[B]c3c2sc2ccccc32)c(-c2ccccc2)c1. The number of nitrogens with zero attached hydrogens (tertiary/aromatic N) is 1. The van der Waals surface area contributed by atoms with Gasteiger partial charge in [-0.3, -0.25) is 0 Å². The van der Waals surface area contributed by atoms with Gasteiger partial charge in [-0.1, -0.05) is 176 Å². The van der Waals surface area contributed by atoms with Crippen LogP contribution in [0.1, 0.15) is 78.0 Å². The minimum atomic E-state index is -0.0128. The zero-order chi connectivity index (χ0) is 44.0. The third-order valence-corrected chi connectivity index (χ3v) is 15.3. The molecule has 4 heteroatoms. The van der Waals surface area contributed by atoms with Crippen LogP contribution in [0.4, 0.5) is 27.8 Å². The average molecular weight is 846 g/mol. The zero-order valence-electron chi connectivity index (χ0n) is 38.0. The second-order valence-electron chi connectivity index (χ2n) is 20.3. The molecule has 9 aromatic rings. The molecule has 1 aliphatic heterocycles. The quantitative estimate of drug-likeness (QED) is 0.168. The van der Waals surface area contributed by atoms with Gasteiger partial charge in [0.1, 0.15) is 0 Å². The number of nitrogens with one attached hydrogen (secondary N) is 1. The Hall–Kier alpha value is -6.36. The summed E-state index contributed by atoms with van der Waals surface area (Å²) in [5, 5.41) is 9.05. The third-order valence-electron chi connectivity index (χ3n) is 14.1. The molecule has 1 radical (unpaired) electrons. The summed E-state index contributed by atoms with van der Waals surface area (Å²) in [6.07, 6.45) is 2.36. The molecule has 0 unspecified atom stereocenters. The molecule has 8 aromatic carbocycles. The first kappa shape index (κ1) is 40.4. The van der Waals surface area contributed by atoms with Crippen LogP contribution in [0.15, 0.2) is 170 Å². The number of benzene rings is 8. The second-order valence-corrected chi connectivity index (χ2v) is 21.4. The molecule has 11 rings (SSSR count). The average Bonchev–Trinajstić information content (AvgIpc) is 3.67. The summed E-state index contributed by atoms with van der Waals surface area (Å²) in [6, 6.07) is 63.4. The number of anilines is 5. The Morgan fingerprint density at radius 1 is 0.547 bits per heavy atom. The number of hydrogen-bond acceptors (Lipinski definition) is 3. The van der Waals surface area contributed by atoms with Gasteiger partial charge < -0.3 is 10.2 Å². The zero-order valence-corrected chi connectivity index (χ0v) is 38.8. The number of rotatable bonds is 6. The van der Waals surface area contributed by atoms with Crippen LogP contribution in [0, 0.1) is 0 Å². The maximum atomic E-state index is 4.08. The molecule has 0 bridgehead atoms. The van der Waals surface area contributed by atoms with Gasteiger partial charge in [-0.15, -0.1) is 11.3 Å². The van der Waals surface area contributed by atoms with Crippen molar-refractivity contribution in [2.45, 2.75) is 77.6 Å². The Morgan fingerprint density at radius 3 is 1.97 bits per heavy atom. The molecular weight excluding hydrogens is 792 g/mol.